The average Bonchev–Trinajstić information content (AvgIpc) is 2.95. The summed E-state index contributed by atoms with van der Waals surface area (Å²) in [5, 5.41) is 18.5. The van der Waals surface area contributed by atoms with Gasteiger partial charge in [-0.1, -0.05) is 30.3 Å². The van der Waals surface area contributed by atoms with Crippen LogP contribution in [0.15, 0.2) is 35.1 Å². The Morgan fingerprint density at radius 3 is 2.73 bits per heavy atom. The smallest absolute Gasteiger partial charge is 0.346 e. The minimum atomic E-state index is -1.05. The summed E-state index contributed by atoms with van der Waals surface area (Å²) < 4.78 is 1.58. The van der Waals surface area contributed by atoms with Crippen LogP contribution in [0, 0.1) is 18.3 Å². The van der Waals surface area contributed by atoms with E-state index >= 15 is 0 Å². The van der Waals surface area contributed by atoms with Crippen molar-refractivity contribution in [1.82, 2.24) is 9.55 Å². The number of carboxylic acid groups (broad SMARTS) is 1. The predicted octanol–water partition coefficient (Wildman–Crippen LogP) is 3.36. The molecule has 0 amide bonds. The molecule has 1 aromatic carbocycles. The number of rotatable bonds is 6. The van der Waals surface area contributed by atoms with Crippen molar-refractivity contribution < 1.29 is 9.90 Å². The third kappa shape index (κ3) is 3.37. The Labute approximate surface area is 154 Å². The molecule has 0 saturated carbocycles. The summed E-state index contributed by atoms with van der Waals surface area (Å²) in [6.45, 7) is 2.02. The Kier molecular flexibility index (Phi) is 5.14. The van der Waals surface area contributed by atoms with E-state index in [-0.39, 0.29) is 10.4 Å². The van der Waals surface area contributed by atoms with E-state index in [0.29, 0.717) is 47.4 Å². The Hall–Kier alpha value is -2.98. The molecule has 0 fully saturated rings. The van der Waals surface area contributed by atoms with Gasteiger partial charge in [0.2, 0.25) is 0 Å². The van der Waals surface area contributed by atoms with Crippen LogP contribution in [-0.2, 0) is 13.0 Å². The first-order valence-corrected chi connectivity index (χ1v) is 9.01. The molecule has 3 aromatic rings. The van der Waals surface area contributed by atoms with Crippen LogP contribution in [0.25, 0.3) is 10.2 Å². The lowest BCUT2D eigenvalue weighted by Crippen LogP contribution is -2.25. The van der Waals surface area contributed by atoms with E-state index in [2.05, 4.69) is 11.1 Å². The predicted molar refractivity (Wildman–Crippen MR) is 99.7 cm³/mol. The van der Waals surface area contributed by atoms with Crippen molar-refractivity contribution in [3.63, 3.8) is 0 Å². The number of unbranched alkanes of at least 4 members (excludes halogenated alkanes) is 1. The molecule has 6 nitrogen and oxygen atoms in total. The maximum absolute atomic E-state index is 13.0. The van der Waals surface area contributed by atoms with Gasteiger partial charge in [0.25, 0.3) is 5.56 Å². The zero-order chi connectivity index (χ0) is 18.7. The fraction of sp³-hybridized carbons (Fsp3) is 0.263. The Balaban J connectivity index is 2.17. The number of carboxylic acids is 1. The molecule has 0 radical (unpaired) electrons. The number of nitrogens with zero attached hydrogens (tertiary/aromatic N) is 3. The number of fused-ring (bicyclic) bond motifs is 1. The third-order valence-corrected chi connectivity index (χ3v) is 5.37. The van der Waals surface area contributed by atoms with E-state index in [0.717, 1.165) is 16.9 Å². The number of aromatic nitrogens is 2. The average molecular weight is 367 g/mol. The highest BCUT2D eigenvalue weighted by atomic mass is 32.1. The van der Waals surface area contributed by atoms with Gasteiger partial charge < -0.3 is 5.11 Å². The second kappa shape index (κ2) is 7.50. The van der Waals surface area contributed by atoms with Gasteiger partial charge in [0.05, 0.1) is 11.5 Å². The van der Waals surface area contributed by atoms with Crippen molar-refractivity contribution in [1.29, 1.82) is 5.26 Å². The van der Waals surface area contributed by atoms with Crippen LogP contribution in [-0.4, -0.2) is 20.6 Å². The Bertz CT molecular complexity index is 1060. The van der Waals surface area contributed by atoms with Crippen LogP contribution in [0.1, 0.15) is 39.5 Å². The van der Waals surface area contributed by atoms with Gasteiger partial charge in [0.15, 0.2) is 0 Å². The van der Waals surface area contributed by atoms with Gasteiger partial charge in [-0.25, -0.2) is 9.78 Å². The molecule has 2 aromatic heterocycles. The minimum absolute atomic E-state index is 0.144. The zero-order valence-corrected chi connectivity index (χ0v) is 15.0. The molecule has 3 rings (SSSR count). The number of nitriles is 1. The van der Waals surface area contributed by atoms with Gasteiger partial charge in [-0.05, 0) is 24.5 Å². The van der Waals surface area contributed by atoms with Crippen LogP contribution >= 0.6 is 11.3 Å². The van der Waals surface area contributed by atoms with Gasteiger partial charge in [0.1, 0.15) is 15.5 Å². The van der Waals surface area contributed by atoms with Crippen molar-refractivity contribution >= 4 is 27.5 Å². The standard InChI is InChI=1S/C19H17N3O3S/c1-12-15-17(26-16(12)19(24)25)21-14(11-13-7-3-2-4-8-13)22(18(15)23)10-6-5-9-20/h2-4,7-8H,5-6,10-11H2,1H3,(H,24,25). The van der Waals surface area contributed by atoms with E-state index < -0.39 is 5.97 Å². The summed E-state index contributed by atoms with van der Waals surface area (Å²) in [5.41, 5.74) is 1.23. The van der Waals surface area contributed by atoms with Gasteiger partial charge in [-0.3, -0.25) is 9.36 Å². The maximum Gasteiger partial charge on any atom is 0.346 e. The van der Waals surface area contributed by atoms with Crippen LogP contribution in [0.3, 0.4) is 0 Å². The van der Waals surface area contributed by atoms with Gasteiger partial charge in [-0.15, -0.1) is 11.3 Å². The molecule has 7 heteroatoms. The molecule has 0 saturated heterocycles. The van der Waals surface area contributed by atoms with Crippen LogP contribution < -0.4 is 5.56 Å². The van der Waals surface area contributed by atoms with Gasteiger partial charge in [0, 0.05) is 19.4 Å². The summed E-state index contributed by atoms with van der Waals surface area (Å²) in [6.07, 6.45) is 1.36. The highest BCUT2D eigenvalue weighted by Crippen LogP contribution is 2.27. The second-order valence-electron chi connectivity index (χ2n) is 5.95. The number of hydrogen-bond donors (Lipinski definition) is 1. The molecule has 0 aliphatic heterocycles. The van der Waals surface area contributed by atoms with E-state index in [1.54, 1.807) is 11.5 Å². The number of benzene rings is 1. The maximum atomic E-state index is 13.0. The molecule has 26 heavy (non-hydrogen) atoms. The monoisotopic (exact) mass is 367 g/mol. The summed E-state index contributed by atoms with van der Waals surface area (Å²) >= 11 is 1.03. The minimum Gasteiger partial charge on any atom is -0.477 e. The lowest BCUT2D eigenvalue weighted by atomic mass is 10.1. The number of aromatic carboxylic acids is 1. The summed E-state index contributed by atoms with van der Waals surface area (Å²) in [4.78, 5) is 29.7. The summed E-state index contributed by atoms with van der Waals surface area (Å²) in [7, 11) is 0. The Morgan fingerprint density at radius 1 is 1.35 bits per heavy atom. The fourth-order valence-electron chi connectivity index (χ4n) is 2.92. The fourth-order valence-corrected chi connectivity index (χ4v) is 3.95. The first-order valence-electron chi connectivity index (χ1n) is 8.20. The molecule has 0 aliphatic carbocycles. The molecule has 132 valence electrons. The number of thiophene rings is 1. The molecule has 0 spiro atoms. The summed E-state index contributed by atoms with van der Waals surface area (Å²) in [6, 6.07) is 11.8. The molecule has 0 aliphatic rings. The van der Waals surface area contributed by atoms with Crippen molar-refractivity contribution in [2.45, 2.75) is 32.7 Å². The van der Waals surface area contributed by atoms with Crippen molar-refractivity contribution in [3.8, 4) is 6.07 Å². The van der Waals surface area contributed by atoms with E-state index in [1.165, 1.54) is 0 Å². The van der Waals surface area contributed by atoms with Gasteiger partial charge >= 0.3 is 5.97 Å². The van der Waals surface area contributed by atoms with Crippen LogP contribution in [0.2, 0.25) is 0 Å². The first-order chi connectivity index (χ1) is 12.5. The molecule has 2 heterocycles. The lowest BCUT2D eigenvalue weighted by Gasteiger charge is -2.12. The van der Waals surface area contributed by atoms with E-state index in [4.69, 9.17) is 5.26 Å². The van der Waals surface area contributed by atoms with Gasteiger partial charge in [-0.2, -0.15) is 5.26 Å². The van der Waals surface area contributed by atoms with Crippen LogP contribution in [0.4, 0.5) is 0 Å². The third-order valence-electron chi connectivity index (χ3n) is 4.20. The van der Waals surface area contributed by atoms with Crippen molar-refractivity contribution in [2.75, 3.05) is 0 Å². The quantitative estimate of drug-likeness (QED) is 0.674. The lowest BCUT2D eigenvalue weighted by molar-refractivity contribution is 0.0701. The molecule has 1 N–H and O–H groups in total. The van der Waals surface area contributed by atoms with E-state index in [1.807, 2.05) is 30.3 Å². The van der Waals surface area contributed by atoms with Crippen molar-refractivity contribution in [2.24, 2.45) is 0 Å². The largest absolute Gasteiger partial charge is 0.477 e. The van der Waals surface area contributed by atoms with Crippen LogP contribution in [0.5, 0.6) is 0 Å². The Morgan fingerprint density at radius 2 is 2.08 bits per heavy atom. The molecule has 0 atom stereocenters. The second-order valence-corrected chi connectivity index (χ2v) is 6.95. The molecule has 0 unspecified atom stereocenters. The topological polar surface area (TPSA) is 96.0 Å². The van der Waals surface area contributed by atoms with E-state index in [9.17, 15) is 14.7 Å². The molecular weight excluding hydrogens is 350 g/mol. The first kappa shape index (κ1) is 17.8. The highest BCUT2D eigenvalue weighted by molar-refractivity contribution is 7.20. The SMILES string of the molecule is Cc1c(C(=O)O)sc2nc(Cc3ccccc3)n(CCCC#N)c(=O)c12. The number of carbonyl (C=O) groups is 1. The molecule has 0 bridgehead atoms. The highest BCUT2D eigenvalue weighted by Gasteiger charge is 2.21. The normalized spacial score (nSPS) is 10.8. The van der Waals surface area contributed by atoms with Crippen molar-refractivity contribution in [3.05, 3.63) is 62.5 Å². The number of hydrogen-bond acceptors (Lipinski definition) is 5. The summed E-state index contributed by atoms with van der Waals surface area (Å²) in [5.74, 6) is -0.463. The zero-order valence-electron chi connectivity index (χ0n) is 14.2. The molecular formula is C19H17N3O3S. The number of aryl methyl sites for hydroxylation is 1.